The Labute approximate surface area is 317 Å². The van der Waals surface area contributed by atoms with Crippen LogP contribution in [0.25, 0.3) is 0 Å². The van der Waals surface area contributed by atoms with Crippen molar-refractivity contribution >= 4 is 62.2 Å². The molecule has 0 bridgehead atoms. The van der Waals surface area contributed by atoms with E-state index >= 15 is 0 Å². The second kappa shape index (κ2) is 18.9. The highest BCUT2D eigenvalue weighted by atomic mass is 32.2. The van der Waals surface area contributed by atoms with E-state index in [1.165, 1.54) is 62.7 Å². The van der Waals surface area contributed by atoms with Crippen molar-refractivity contribution in [3.8, 4) is 5.75 Å². The van der Waals surface area contributed by atoms with E-state index in [1.807, 2.05) is 42.5 Å². The molecule has 282 valence electrons. The van der Waals surface area contributed by atoms with Crippen LogP contribution in [-0.4, -0.2) is 65.7 Å². The number of hydrogen-bond acceptors (Lipinski definition) is 10. The largest absolute Gasteiger partial charge is 0.497 e. The Morgan fingerprint density at radius 3 is 2.42 bits per heavy atom. The summed E-state index contributed by atoms with van der Waals surface area (Å²) in [7, 11) is -2.44. The van der Waals surface area contributed by atoms with E-state index in [-0.39, 0.29) is 29.8 Å². The van der Waals surface area contributed by atoms with Crippen LogP contribution >= 0.6 is 23.6 Å². The van der Waals surface area contributed by atoms with Crippen LogP contribution < -0.4 is 26.2 Å². The molecule has 6 N–H and O–H groups in total. The van der Waals surface area contributed by atoms with Crippen molar-refractivity contribution in [3.63, 3.8) is 0 Å². The number of aromatic amines is 1. The number of carbonyl (C=O) groups is 3. The zero-order valence-electron chi connectivity index (χ0n) is 29.2. The number of ether oxygens (including phenoxy) is 1. The first kappa shape index (κ1) is 39.5. The van der Waals surface area contributed by atoms with Crippen molar-refractivity contribution in [1.82, 2.24) is 25.3 Å². The number of urea groups is 1. The molecular weight excluding hydrogens is 739 g/mol. The lowest BCUT2D eigenvalue weighted by Gasteiger charge is -2.34. The van der Waals surface area contributed by atoms with Gasteiger partial charge >= 0.3 is 6.03 Å². The van der Waals surface area contributed by atoms with Gasteiger partial charge in [-0.05, 0) is 96.9 Å². The Kier molecular flexibility index (Phi) is 14.1. The summed E-state index contributed by atoms with van der Waals surface area (Å²) < 4.78 is 32.8. The minimum Gasteiger partial charge on any atom is -0.497 e. The molecule has 1 atom stereocenters. The predicted octanol–water partition coefficient (Wildman–Crippen LogP) is 5.79. The molecule has 1 saturated carbocycles. The third-order valence-corrected chi connectivity index (χ3v) is 12.0. The standard InChI is InChI=1S/C19H25N5O2S2.C17H18N2O5S/c25-16(20-12-14-5-2-1-3-6-14)10-9-13-7-4-8-15(11-13)21-17(26)22-18-23-24-19(27)28-18;1-24-14-6-8-15(9-7-14)25(22,23)19-11-13-5-3-2-4-12(13)10-16(19)17(20)18-21/h4,7-8,11,14H,1-3,5-6,9-10,12H2,(H,20,25)(H,24,27)(H2,21,22,23,26);2-9,16,21H,10-11H2,1H3,(H,18,20)/t;16-/m.1/s1. The van der Waals surface area contributed by atoms with Crippen molar-refractivity contribution in [2.45, 2.75) is 68.8 Å². The zero-order chi connectivity index (χ0) is 37.8. The molecule has 1 aliphatic heterocycles. The number of sulfonamides is 1. The molecule has 4 amide bonds. The van der Waals surface area contributed by atoms with Gasteiger partial charge in [-0.15, -0.1) is 5.10 Å². The summed E-state index contributed by atoms with van der Waals surface area (Å²) in [5, 5.41) is 24.4. The molecule has 3 aromatic carbocycles. The van der Waals surface area contributed by atoms with Gasteiger partial charge in [0.15, 0.2) is 3.95 Å². The minimum atomic E-state index is -3.93. The van der Waals surface area contributed by atoms with E-state index in [2.05, 4.69) is 26.1 Å². The Morgan fingerprint density at radius 1 is 1.00 bits per heavy atom. The number of amides is 4. The Hall–Kier alpha value is -4.68. The van der Waals surface area contributed by atoms with E-state index in [1.54, 1.807) is 23.7 Å². The quantitative estimate of drug-likeness (QED) is 0.0621. The van der Waals surface area contributed by atoms with Gasteiger partial charge in [0.05, 0.1) is 12.0 Å². The van der Waals surface area contributed by atoms with Crippen LogP contribution in [0.4, 0.5) is 15.6 Å². The van der Waals surface area contributed by atoms with Gasteiger partial charge in [0.25, 0.3) is 5.91 Å². The third kappa shape index (κ3) is 11.2. The normalized spacial score (nSPS) is 15.9. The maximum atomic E-state index is 13.1. The van der Waals surface area contributed by atoms with Crippen LogP contribution in [0.15, 0.2) is 77.7 Å². The number of H-pyrrole nitrogens is 1. The highest BCUT2D eigenvalue weighted by Gasteiger charge is 2.39. The van der Waals surface area contributed by atoms with Crippen LogP contribution in [0.3, 0.4) is 0 Å². The lowest BCUT2D eigenvalue weighted by atomic mass is 9.89. The van der Waals surface area contributed by atoms with Crippen LogP contribution in [0.2, 0.25) is 0 Å². The average molecular weight is 782 g/mol. The minimum absolute atomic E-state index is 0.0582. The molecule has 0 radical (unpaired) electrons. The van der Waals surface area contributed by atoms with E-state index < -0.39 is 22.0 Å². The second-order valence-corrected chi connectivity index (χ2v) is 16.3. The first-order valence-electron chi connectivity index (χ1n) is 17.2. The lowest BCUT2D eigenvalue weighted by molar-refractivity contribution is -0.133. The highest BCUT2D eigenvalue weighted by Crippen LogP contribution is 2.30. The fourth-order valence-electron chi connectivity index (χ4n) is 6.28. The number of aryl methyl sites for hydroxylation is 1. The Bertz CT molecular complexity index is 2030. The number of anilines is 2. The summed E-state index contributed by atoms with van der Waals surface area (Å²) >= 11 is 6.12. The van der Waals surface area contributed by atoms with Crippen LogP contribution in [-0.2, 0) is 39.0 Å². The van der Waals surface area contributed by atoms with Gasteiger partial charge in [0, 0.05) is 25.2 Å². The molecule has 53 heavy (non-hydrogen) atoms. The number of methoxy groups -OCH3 is 1. The monoisotopic (exact) mass is 781 g/mol. The topological polar surface area (TPSA) is 195 Å². The maximum absolute atomic E-state index is 13.1. The molecule has 0 unspecified atom stereocenters. The van der Waals surface area contributed by atoms with Crippen molar-refractivity contribution < 1.29 is 32.7 Å². The molecule has 4 aromatic rings. The van der Waals surface area contributed by atoms with Crippen molar-refractivity contribution in [2.75, 3.05) is 24.3 Å². The number of rotatable bonds is 11. The number of benzene rings is 3. The van der Waals surface area contributed by atoms with Crippen molar-refractivity contribution in [3.05, 3.63) is 93.4 Å². The van der Waals surface area contributed by atoms with Gasteiger partial charge < -0.3 is 15.4 Å². The first-order valence-corrected chi connectivity index (χ1v) is 19.9. The van der Waals surface area contributed by atoms with E-state index in [4.69, 9.17) is 22.2 Å². The third-order valence-electron chi connectivity index (χ3n) is 9.08. The van der Waals surface area contributed by atoms with E-state index in [0.717, 1.165) is 27.5 Å². The van der Waals surface area contributed by atoms with Gasteiger partial charge in [-0.25, -0.2) is 18.7 Å². The first-order chi connectivity index (χ1) is 25.5. The predicted molar refractivity (Wildman–Crippen MR) is 204 cm³/mol. The molecule has 17 heteroatoms. The molecule has 0 saturated heterocycles. The highest BCUT2D eigenvalue weighted by molar-refractivity contribution is 7.89. The molecule has 1 fully saturated rings. The summed E-state index contributed by atoms with van der Waals surface area (Å²) in [4.78, 5) is 36.3. The van der Waals surface area contributed by atoms with E-state index in [0.29, 0.717) is 39.3 Å². The van der Waals surface area contributed by atoms with Gasteiger partial charge in [-0.1, -0.05) is 67.0 Å². The molecule has 1 aliphatic carbocycles. The summed E-state index contributed by atoms with van der Waals surface area (Å²) in [6.07, 6.45) is 7.60. The van der Waals surface area contributed by atoms with E-state index in [9.17, 15) is 22.8 Å². The maximum Gasteiger partial charge on any atom is 0.325 e. The molecule has 14 nitrogen and oxygen atoms in total. The van der Waals surface area contributed by atoms with Crippen LogP contribution in [0.1, 0.15) is 55.2 Å². The number of carbonyl (C=O) groups excluding carboxylic acids is 3. The van der Waals surface area contributed by atoms with Crippen LogP contribution in [0.5, 0.6) is 5.75 Å². The fourth-order valence-corrected chi connectivity index (χ4v) is 8.63. The number of fused-ring (bicyclic) bond motifs is 1. The SMILES string of the molecule is COc1ccc(S(=O)(=O)N2Cc3ccccc3C[C@@H]2C(=O)NO)cc1.O=C(CCc1cccc(NC(=O)Nc2n[nH]c(=S)s2)c1)NCC1CCCCC1. The molecule has 2 heterocycles. The Morgan fingerprint density at radius 2 is 1.74 bits per heavy atom. The zero-order valence-corrected chi connectivity index (χ0v) is 31.6. The Balaban J connectivity index is 0.000000206. The molecule has 1 aromatic heterocycles. The summed E-state index contributed by atoms with van der Waals surface area (Å²) in [5.74, 6) is 0.497. The number of aromatic nitrogens is 2. The number of nitrogens with one attached hydrogen (secondary N) is 5. The summed E-state index contributed by atoms with van der Waals surface area (Å²) in [6, 6.07) is 19.4. The molecule has 0 spiro atoms. The van der Waals surface area contributed by atoms with Gasteiger partial charge in [0.1, 0.15) is 11.8 Å². The molecule has 6 rings (SSSR count). The number of nitrogens with zero attached hydrogens (tertiary/aromatic N) is 2. The van der Waals surface area contributed by atoms with Gasteiger partial charge in [-0.2, -0.15) is 4.31 Å². The molecular formula is C36H43N7O7S3. The summed E-state index contributed by atoms with van der Waals surface area (Å²) in [6.45, 7) is 0.851. The molecule has 2 aliphatic rings. The average Bonchev–Trinajstić information content (AvgIpc) is 3.59. The summed E-state index contributed by atoms with van der Waals surface area (Å²) in [5.41, 5.74) is 4.96. The second-order valence-electron chi connectivity index (χ2n) is 12.7. The van der Waals surface area contributed by atoms with Crippen LogP contribution in [0, 0.1) is 9.87 Å². The van der Waals surface area contributed by atoms with Gasteiger partial charge in [-0.3, -0.25) is 25.2 Å². The smallest absolute Gasteiger partial charge is 0.325 e. The fraction of sp³-hybridized carbons (Fsp3) is 0.361. The number of hydrogen-bond donors (Lipinski definition) is 6. The lowest BCUT2D eigenvalue weighted by Crippen LogP contribution is -2.51. The van der Waals surface area contributed by atoms with Crippen molar-refractivity contribution in [2.24, 2.45) is 5.92 Å². The van der Waals surface area contributed by atoms with Gasteiger partial charge in [0.2, 0.25) is 21.1 Å². The van der Waals surface area contributed by atoms with Crippen molar-refractivity contribution in [1.29, 1.82) is 0 Å². The number of hydroxylamine groups is 1.